The van der Waals surface area contributed by atoms with Gasteiger partial charge in [-0.05, 0) is 25.1 Å². The van der Waals surface area contributed by atoms with E-state index in [1.54, 1.807) is 0 Å². The van der Waals surface area contributed by atoms with Crippen molar-refractivity contribution < 1.29 is 31.5 Å². The normalized spacial score (nSPS) is 14.2. The fourth-order valence-corrected chi connectivity index (χ4v) is 3.10. The summed E-state index contributed by atoms with van der Waals surface area (Å²) < 4.78 is 62.7. The standard InChI is InChI=1S/C11H11ClF3NO4S/c1-6(10(17)18)16(2)21(19,20)9-4-7(11(13,14)15)3-8(12)5-9/h3-6H,1-2H3,(H,17,18). The van der Waals surface area contributed by atoms with E-state index in [0.717, 1.165) is 20.0 Å². The number of sulfonamides is 1. The van der Waals surface area contributed by atoms with E-state index in [9.17, 15) is 26.4 Å². The van der Waals surface area contributed by atoms with Gasteiger partial charge in [0, 0.05) is 12.1 Å². The lowest BCUT2D eigenvalue weighted by Crippen LogP contribution is -2.40. The van der Waals surface area contributed by atoms with Gasteiger partial charge in [0.1, 0.15) is 6.04 Å². The van der Waals surface area contributed by atoms with Gasteiger partial charge in [0.2, 0.25) is 10.0 Å². The third-order valence-electron chi connectivity index (χ3n) is 2.78. The summed E-state index contributed by atoms with van der Waals surface area (Å²) in [5, 5.41) is 8.37. The molecular formula is C11H11ClF3NO4S. The molecule has 0 aliphatic heterocycles. The number of alkyl halides is 3. The van der Waals surface area contributed by atoms with Gasteiger partial charge < -0.3 is 5.11 Å². The monoisotopic (exact) mass is 345 g/mol. The molecule has 0 spiro atoms. The molecule has 1 aromatic carbocycles. The number of carboxylic acids is 1. The lowest BCUT2D eigenvalue weighted by atomic mass is 10.2. The smallest absolute Gasteiger partial charge is 0.416 e. The zero-order valence-electron chi connectivity index (χ0n) is 10.8. The summed E-state index contributed by atoms with van der Waals surface area (Å²) in [5.41, 5.74) is -1.23. The quantitative estimate of drug-likeness (QED) is 0.909. The Labute approximate surface area is 124 Å². The summed E-state index contributed by atoms with van der Waals surface area (Å²) in [4.78, 5) is 10.1. The van der Waals surface area contributed by atoms with Crippen molar-refractivity contribution in [1.29, 1.82) is 0 Å². The van der Waals surface area contributed by atoms with Gasteiger partial charge in [-0.1, -0.05) is 11.6 Å². The van der Waals surface area contributed by atoms with E-state index in [1.165, 1.54) is 0 Å². The number of nitrogens with zero attached hydrogens (tertiary/aromatic N) is 1. The van der Waals surface area contributed by atoms with Gasteiger partial charge in [-0.25, -0.2) is 8.42 Å². The summed E-state index contributed by atoms with van der Waals surface area (Å²) in [6.45, 7) is 1.09. The van der Waals surface area contributed by atoms with Crippen molar-refractivity contribution in [3.8, 4) is 0 Å². The first-order chi connectivity index (χ1) is 9.37. The van der Waals surface area contributed by atoms with Crippen molar-refractivity contribution in [3.63, 3.8) is 0 Å². The second-order valence-corrected chi connectivity index (χ2v) is 6.64. The van der Waals surface area contributed by atoms with Crippen LogP contribution in [0.15, 0.2) is 23.1 Å². The van der Waals surface area contributed by atoms with Crippen LogP contribution in [0.5, 0.6) is 0 Å². The molecule has 21 heavy (non-hydrogen) atoms. The Hall–Kier alpha value is -1.32. The Morgan fingerprint density at radius 2 is 1.86 bits per heavy atom. The van der Waals surface area contributed by atoms with Crippen LogP contribution < -0.4 is 0 Å². The fraction of sp³-hybridized carbons (Fsp3) is 0.364. The van der Waals surface area contributed by atoms with Crippen LogP contribution in [-0.4, -0.2) is 36.9 Å². The first-order valence-electron chi connectivity index (χ1n) is 5.46. The lowest BCUT2D eigenvalue weighted by Gasteiger charge is -2.21. The van der Waals surface area contributed by atoms with Crippen molar-refractivity contribution in [2.45, 2.75) is 24.0 Å². The number of rotatable bonds is 4. The summed E-state index contributed by atoms with van der Waals surface area (Å²) >= 11 is 5.51. The van der Waals surface area contributed by atoms with Crippen LogP contribution in [0.1, 0.15) is 12.5 Å². The molecule has 1 aromatic rings. The van der Waals surface area contributed by atoms with E-state index in [1.807, 2.05) is 0 Å². The highest BCUT2D eigenvalue weighted by molar-refractivity contribution is 7.89. The number of carbonyl (C=O) groups is 1. The number of halogens is 4. The molecule has 10 heteroatoms. The highest BCUT2D eigenvalue weighted by Gasteiger charge is 2.35. The molecule has 1 N–H and O–H groups in total. The summed E-state index contributed by atoms with van der Waals surface area (Å²) in [7, 11) is -3.46. The molecule has 1 unspecified atom stereocenters. The Morgan fingerprint density at radius 3 is 2.29 bits per heavy atom. The zero-order valence-corrected chi connectivity index (χ0v) is 12.4. The third-order valence-corrected chi connectivity index (χ3v) is 4.90. The van der Waals surface area contributed by atoms with Gasteiger partial charge >= 0.3 is 12.1 Å². The number of benzene rings is 1. The highest BCUT2D eigenvalue weighted by Crippen LogP contribution is 2.33. The molecular weight excluding hydrogens is 335 g/mol. The molecule has 0 heterocycles. The van der Waals surface area contributed by atoms with E-state index in [4.69, 9.17) is 16.7 Å². The van der Waals surface area contributed by atoms with E-state index in [2.05, 4.69) is 0 Å². The van der Waals surface area contributed by atoms with Crippen molar-refractivity contribution in [1.82, 2.24) is 4.31 Å². The van der Waals surface area contributed by atoms with Gasteiger partial charge in [0.05, 0.1) is 10.5 Å². The maximum atomic E-state index is 12.7. The summed E-state index contributed by atoms with van der Waals surface area (Å²) in [6.07, 6.45) is -4.77. The average Bonchev–Trinajstić information content (AvgIpc) is 2.34. The van der Waals surface area contributed by atoms with E-state index in [-0.39, 0.29) is 0 Å². The molecule has 0 fully saturated rings. The van der Waals surface area contributed by atoms with Crippen LogP contribution in [0.3, 0.4) is 0 Å². The number of hydrogen-bond donors (Lipinski definition) is 1. The van der Waals surface area contributed by atoms with Crippen LogP contribution >= 0.6 is 11.6 Å². The second-order valence-electron chi connectivity index (χ2n) is 4.21. The number of hydrogen-bond acceptors (Lipinski definition) is 3. The summed E-state index contributed by atoms with van der Waals surface area (Å²) in [6, 6.07) is 0.383. The Balaban J connectivity index is 3.39. The largest absolute Gasteiger partial charge is 0.480 e. The van der Waals surface area contributed by atoms with Crippen molar-refractivity contribution in [2.24, 2.45) is 0 Å². The number of aliphatic carboxylic acids is 1. The lowest BCUT2D eigenvalue weighted by molar-refractivity contribution is -0.140. The van der Waals surface area contributed by atoms with E-state index >= 15 is 0 Å². The minimum atomic E-state index is -4.77. The molecule has 5 nitrogen and oxygen atoms in total. The fourth-order valence-electron chi connectivity index (χ4n) is 1.41. The highest BCUT2D eigenvalue weighted by atomic mass is 35.5. The number of likely N-dealkylation sites (N-methyl/N-ethyl adjacent to an activating group) is 1. The SMILES string of the molecule is CC(C(=O)O)N(C)S(=O)(=O)c1cc(Cl)cc(C(F)(F)F)c1. The van der Waals surface area contributed by atoms with E-state index < -0.39 is 43.7 Å². The van der Waals surface area contributed by atoms with Crippen LogP contribution in [0.2, 0.25) is 5.02 Å². The molecule has 0 aliphatic carbocycles. The minimum absolute atomic E-state index is 0.409. The summed E-state index contributed by atoms with van der Waals surface area (Å²) in [5.74, 6) is -1.43. The van der Waals surface area contributed by atoms with Gasteiger partial charge in [-0.2, -0.15) is 17.5 Å². The Kier molecular flexibility index (Phi) is 4.91. The first-order valence-corrected chi connectivity index (χ1v) is 7.28. The maximum absolute atomic E-state index is 12.7. The second kappa shape index (κ2) is 5.82. The molecule has 0 saturated carbocycles. The van der Waals surface area contributed by atoms with Crippen molar-refractivity contribution >= 4 is 27.6 Å². The molecule has 1 rings (SSSR count). The topological polar surface area (TPSA) is 74.7 Å². The third kappa shape index (κ3) is 3.86. The Morgan fingerprint density at radius 1 is 1.33 bits per heavy atom. The van der Waals surface area contributed by atoms with Gasteiger partial charge in [0.15, 0.2) is 0 Å². The van der Waals surface area contributed by atoms with Gasteiger partial charge in [-0.3, -0.25) is 4.79 Å². The van der Waals surface area contributed by atoms with Crippen molar-refractivity contribution in [2.75, 3.05) is 7.05 Å². The maximum Gasteiger partial charge on any atom is 0.416 e. The predicted molar refractivity (Wildman–Crippen MR) is 68.5 cm³/mol. The molecule has 1 atom stereocenters. The van der Waals surface area contributed by atoms with Crippen LogP contribution in [0.25, 0.3) is 0 Å². The van der Waals surface area contributed by atoms with Crippen LogP contribution in [-0.2, 0) is 21.0 Å². The van der Waals surface area contributed by atoms with Crippen LogP contribution in [0, 0.1) is 0 Å². The average molecular weight is 346 g/mol. The molecule has 0 radical (unpaired) electrons. The molecule has 0 saturated heterocycles. The molecule has 0 amide bonds. The first kappa shape index (κ1) is 17.7. The molecule has 0 aromatic heterocycles. The molecule has 0 bridgehead atoms. The predicted octanol–water partition coefficient (Wildman–Crippen LogP) is 2.45. The van der Waals surface area contributed by atoms with Gasteiger partial charge in [-0.15, -0.1) is 0 Å². The van der Waals surface area contributed by atoms with Gasteiger partial charge in [0.25, 0.3) is 0 Å². The molecule has 0 aliphatic rings. The zero-order chi connectivity index (χ0) is 16.6. The molecule has 118 valence electrons. The minimum Gasteiger partial charge on any atom is -0.480 e. The van der Waals surface area contributed by atoms with E-state index in [0.29, 0.717) is 16.4 Å². The Bertz CT molecular complexity index is 660. The van der Waals surface area contributed by atoms with Crippen molar-refractivity contribution in [3.05, 3.63) is 28.8 Å². The van der Waals surface area contributed by atoms with Crippen LogP contribution in [0.4, 0.5) is 13.2 Å². The number of carboxylic acid groups (broad SMARTS) is 1.